The molecule has 2 heterocycles. The number of hydrogen-bond acceptors (Lipinski definition) is 24. The minimum atomic E-state index is -2.14. The summed E-state index contributed by atoms with van der Waals surface area (Å²) in [6.07, 6.45) is -2.17. The molecule has 1 aromatic rings. The second kappa shape index (κ2) is 47.7. The number of rotatable bonds is 49. The first kappa shape index (κ1) is 95.8. The molecule has 0 bridgehead atoms. The number of β-amino-alcohol motifs (C(OH)–C–C–N with tert-alkyl or cyclic N) is 1. The molecular formula is C72H119ClN14O23. The molecule has 19 atom stereocenters. The number of aliphatic hydroxyl groups excluding tert-OH is 7. The van der Waals surface area contributed by atoms with E-state index < -0.39 is 236 Å². The highest BCUT2D eigenvalue weighted by molar-refractivity contribution is 6.32. The summed E-state index contributed by atoms with van der Waals surface area (Å²) in [7, 11) is 0. The van der Waals surface area contributed by atoms with Crippen LogP contribution < -0.4 is 65.1 Å². The van der Waals surface area contributed by atoms with Crippen molar-refractivity contribution in [1.82, 2.24) is 57.7 Å². The zero-order chi connectivity index (χ0) is 83.0. The van der Waals surface area contributed by atoms with Crippen molar-refractivity contribution in [3.8, 4) is 5.75 Å². The average molecular weight is 1580 g/mol. The Hall–Kier alpha value is -8.43. The third-order valence-electron chi connectivity index (χ3n) is 19.0. The number of phenols is 1. The summed E-state index contributed by atoms with van der Waals surface area (Å²) in [5.41, 5.74) is 16.4. The number of aromatic hydroxyl groups is 1. The van der Waals surface area contributed by atoms with E-state index >= 15 is 0 Å². The van der Waals surface area contributed by atoms with Crippen LogP contribution in [-0.4, -0.2) is 269 Å². The highest BCUT2D eigenvalue weighted by Gasteiger charge is 2.48. The van der Waals surface area contributed by atoms with Gasteiger partial charge in [0.1, 0.15) is 72.3 Å². The second-order valence-corrected chi connectivity index (χ2v) is 29.4. The third-order valence-corrected chi connectivity index (χ3v) is 19.3. The van der Waals surface area contributed by atoms with Gasteiger partial charge in [0.15, 0.2) is 0 Å². The van der Waals surface area contributed by atoms with Crippen molar-refractivity contribution in [2.45, 2.75) is 294 Å². The summed E-state index contributed by atoms with van der Waals surface area (Å²) < 4.78 is 5.84. The number of carbonyl (C=O) groups is 14. The van der Waals surface area contributed by atoms with Crippen molar-refractivity contribution in [2.24, 2.45) is 29.0 Å². The molecule has 2 aliphatic rings. The normalized spacial score (nSPS) is 19.7. The lowest BCUT2D eigenvalue weighted by Crippen LogP contribution is -2.64. The summed E-state index contributed by atoms with van der Waals surface area (Å²) in [4.78, 5) is 192. The van der Waals surface area contributed by atoms with Gasteiger partial charge in [-0.25, -0.2) is 0 Å². The first-order valence-corrected chi connectivity index (χ1v) is 38.1. The van der Waals surface area contributed by atoms with E-state index in [-0.39, 0.29) is 35.6 Å². The fraction of sp³-hybridized carbons (Fsp3) is 0.722. The highest BCUT2D eigenvalue weighted by atomic mass is 35.5. The van der Waals surface area contributed by atoms with Crippen LogP contribution in [0, 0.1) is 11.8 Å². The Bertz CT molecular complexity index is 3260. The van der Waals surface area contributed by atoms with Crippen LogP contribution in [0.2, 0.25) is 5.02 Å². The van der Waals surface area contributed by atoms with Gasteiger partial charge >= 0.3 is 5.97 Å². The molecule has 2 saturated heterocycles. The number of carbonyl (C=O) groups excluding carboxylic acids is 14. The lowest BCUT2D eigenvalue weighted by Gasteiger charge is -2.34. The fourth-order valence-corrected chi connectivity index (χ4v) is 12.8. The SMILES string of the molecule is CCCCCCCCCCCCC[C@H](CC(=O)N[C@@H](C(=O)N[C@H](C)C(=O)N[C@@H](Cc1ccc(O)c(Cl)c1)C(=O)N[C@H](C(=O)N1C[C@H](O)C[C@H]1C(=O)N[C@@H](C(=O)N[C@H](C(=O)N1CC[C@H](O)[C@H]1C(=O)N[C@H](C(=O)NCC(=O)N[C@@H](C(N)=O)[C@@H](C)O)[C@H](O)CC(N)=O)[C@@H](C)O)[C@@H](C)O)C(C)C)[C@@H](C)O)OC(=O)[C@@H](C)CCCN. The number of likely N-dealkylation sites (tertiary alicyclic amines) is 2. The van der Waals surface area contributed by atoms with E-state index in [1.807, 2.05) is 0 Å². The number of hydrogen-bond donors (Lipinski definition) is 20. The molecule has 37 nitrogen and oxygen atoms in total. The molecule has 0 radical (unpaired) electrons. The van der Waals surface area contributed by atoms with Crippen LogP contribution in [0.15, 0.2) is 18.2 Å². The van der Waals surface area contributed by atoms with Gasteiger partial charge in [0.2, 0.25) is 76.8 Å². The van der Waals surface area contributed by atoms with E-state index in [4.69, 9.17) is 33.5 Å². The quantitative estimate of drug-likeness (QED) is 0.0217. The summed E-state index contributed by atoms with van der Waals surface area (Å²) >= 11 is 6.25. The zero-order valence-corrected chi connectivity index (χ0v) is 65.0. The van der Waals surface area contributed by atoms with Gasteiger partial charge in [0.25, 0.3) is 0 Å². The smallest absolute Gasteiger partial charge is 0.308 e. The van der Waals surface area contributed by atoms with Crippen molar-refractivity contribution in [1.29, 1.82) is 0 Å². The number of phenolic OH excluding ortho intramolecular Hbond substituents is 1. The lowest BCUT2D eigenvalue weighted by atomic mass is 9.99. The lowest BCUT2D eigenvalue weighted by molar-refractivity contribution is -0.155. The largest absolute Gasteiger partial charge is 0.506 e. The number of esters is 1. The number of amides is 13. The molecule has 3 rings (SSSR count). The number of ether oxygens (including phenoxy) is 1. The van der Waals surface area contributed by atoms with Crippen molar-refractivity contribution in [3.63, 3.8) is 0 Å². The van der Waals surface area contributed by atoms with Crippen LogP contribution in [0.5, 0.6) is 5.75 Å². The van der Waals surface area contributed by atoms with Crippen LogP contribution in [0.1, 0.15) is 183 Å². The first-order valence-electron chi connectivity index (χ1n) is 37.7. The molecule has 0 spiro atoms. The Balaban J connectivity index is 1.83. The van der Waals surface area contributed by atoms with Gasteiger partial charge < -0.3 is 120 Å². The predicted molar refractivity (Wildman–Crippen MR) is 397 cm³/mol. The molecule has 2 fully saturated rings. The van der Waals surface area contributed by atoms with Crippen molar-refractivity contribution in [2.75, 3.05) is 26.2 Å². The predicted octanol–water partition coefficient (Wildman–Crippen LogP) is -4.20. The second-order valence-electron chi connectivity index (χ2n) is 29.0. The molecule has 13 amide bonds. The van der Waals surface area contributed by atoms with E-state index in [1.54, 1.807) is 6.92 Å². The van der Waals surface area contributed by atoms with Gasteiger partial charge in [-0.1, -0.05) is 110 Å². The Kier molecular flexibility index (Phi) is 41.5. The number of halogens is 1. The van der Waals surface area contributed by atoms with Gasteiger partial charge in [-0.2, -0.15) is 0 Å². The Morgan fingerprint density at radius 3 is 1.65 bits per heavy atom. The molecule has 0 saturated carbocycles. The molecular weight excluding hydrogens is 1460 g/mol. The highest BCUT2D eigenvalue weighted by Crippen LogP contribution is 2.27. The third kappa shape index (κ3) is 31.4. The maximum atomic E-state index is 14.8. The number of nitrogens with one attached hydrogen (secondary N) is 9. The summed E-state index contributed by atoms with van der Waals surface area (Å²) in [5.74, 6) is -16.8. The maximum Gasteiger partial charge on any atom is 0.308 e. The Morgan fingerprint density at radius 1 is 0.573 bits per heavy atom. The van der Waals surface area contributed by atoms with Crippen LogP contribution >= 0.6 is 11.6 Å². The van der Waals surface area contributed by atoms with Crippen molar-refractivity contribution >= 4 is 94.4 Å². The molecule has 0 aliphatic carbocycles. The van der Waals surface area contributed by atoms with Crippen LogP contribution in [0.25, 0.3) is 0 Å². The minimum absolute atomic E-state index is 0.144. The first-order chi connectivity index (χ1) is 51.6. The molecule has 110 heavy (non-hydrogen) atoms. The van der Waals surface area contributed by atoms with Crippen molar-refractivity contribution < 1.29 is 113 Å². The number of benzene rings is 1. The number of nitrogens with two attached hydrogens (primary N) is 3. The summed E-state index contributed by atoms with van der Waals surface area (Å²) in [6, 6.07) is -13.9. The maximum absolute atomic E-state index is 14.8. The number of primary amides is 2. The average Bonchev–Trinajstić information content (AvgIpc) is 1.75. The van der Waals surface area contributed by atoms with E-state index in [1.165, 1.54) is 78.0 Å². The van der Waals surface area contributed by atoms with Gasteiger partial charge in [0, 0.05) is 25.9 Å². The Labute approximate surface area is 645 Å². The van der Waals surface area contributed by atoms with E-state index in [2.05, 4.69) is 54.8 Å². The van der Waals surface area contributed by atoms with Crippen LogP contribution in [0.3, 0.4) is 0 Å². The number of nitrogens with zero attached hydrogens (tertiary/aromatic N) is 2. The van der Waals surface area contributed by atoms with E-state index in [0.29, 0.717) is 37.1 Å². The molecule has 38 heteroatoms. The van der Waals surface area contributed by atoms with Crippen molar-refractivity contribution in [3.05, 3.63) is 28.8 Å². The molecule has 23 N–H and O–H groups in total. The molecule has 0 unspecified atom stereocenters. The topological polar surface area (TPSA) is 603 Å². The zero-order valence-electron chi connectivity index (χ0n) is 64.2. The van der Waals surface area contributed by atoms with Gasteiger partial charge in [-0.3, -0.25) is 67.1 Å². The minimum Gasteiger partial charge on any atom is -0.506 e. The monoisotopic (exact) mass is 1580 g/mol. The van der Waals surface area contributed by atoms with E-state index in [0.717, 1.165) is 57.8 Å². The molecule has 1 aromatic carbocycles. The number of unbranched alkanes of at least 4 members (excludes halogenated alkanes) is 10. The van der Waals surface area contributed by atoms with Gasteiger partial charge in [-0.15, -0.1) is 0 Å². The summed E-state index contributed by atoms with van der Waals surface area (Å²) in [6.45, 7) is 11.0. The van der Waals surface area contributed by atoms with Gasteiger partial charge in [0.05, 0.1) is 73.1 Å². The Morgan fingerprint density at radius 2 is 1.11 bits per heavy atom. The van der Waals surface area contributed by atoms with Gasteiger partial charge in [-0.05, 0) is 96.9 Å². The summed E-state index contributed by atoms with van der Waals surface area (Å²) in [5, 5.41) is 107. The molecule has 2 aliphatic heterocycles. The number of aliphatic hydroxyl groups is 7. The fourth-order valence-electron chi connectivity index (χ4n) is 12.6. The van der Waals surface area contributed by atoms with Crippen LogP contribution in [0.4, 0.5) is 0 Å². The molecule has 0 aromatic heterocycles. The molecule has 622 valence electrons. The van der Waals surface area contributed by atoms with Crippen LogP contribution in [-0.2, 0) is 78.3 Å². The van der Waals surface area contributed by atoms with E-state index in [9.17, 15) is 108 Å². The standard InChI is InChI=1S/C72H119ClN14O23/c1-10-11-12-13-14-15-16-17-18-19-20-23-45(110-72(109)37(4)22-21-27-74)32-53(97)80-57(40(7)89)67(104)78-38(5)63(100)79-47(30-43-24-25-49(93)46(73)29-43)64(101)82-55(36(2)3)70(107)87-35-44(92)31-48(87)65(102)83-58(41(8)90)68(105)84-59(42(9)91)71(108)86-28-26-50(94)61(86)69(106)85-60(51(95)33-52(75)96)66(103)77-34-54(98)81-56(39(6)88)62(76)99/h24-25,29,36-42,44-45,47-48,50-51,55-61,88-95H,10-23,26-28,30-35,74H2,1-9H3,(H2,75,96)(H2,76,99)(H,77,103)(H,78,104)(H,79,100)(H,80,97)(H,81,98)(H,82,101)(H,83,102)(H,84,105)(H,85,106)/t37-,38+,39+,40+,41+,42+,44+,45+,47-,48-,50-,51+,55-,56+,57+,58+,59-,60-,61-/m0/s1.